The van der Waals surface area contributed by atoms with Gasteiger partial charge >= 0.3 is 0 Å². The molecule has 1 aromatic heterocycles. The van der Waals surface area contributed by atoms with Gasteiger partial charge in [-0.05, 0) is 36.7 Å². The fraction of sp³-hybridized carbons (Fsp3) is 0.357. The molecule has 90 valence electrons. The van der Waals surface area contributed by atoms with Gasteiger partial charge in [-0.3, -0.25) is 0 Å². The third kappa shape index (κ3) is 3.43. The van der Waals surface area contributed by atoms with Gasteiger partial charge < -0.3 is 5.32 Å². The number of benzene rings is 1. The monoisotopic (exact) mass is 229 g/mol. The van der Waals surface area contributed by atoms with E-state index in [9.17, 15) is 0 Å². The molecule has 0 unspecified atom stereocenters. The standard InChI is InChI=1S/C14H19N3/c1-2-3-8-15-12-13-6-4-7-14(11-13)17-10-5-9-16-17/h4-7,9-11,15H,2-3,8,12H2,1H3. The molecule has 1 N–H and O–H groups in total. The van der Waals surface area contributed by atoms with Crippen LogP contribution in [0, 0.1) is 0 Å². The summed E-state index contributed by atoms with van der Waals surface area (Å²) in [7, 11) is 0. The van der Waals surface area contributed by atoms with Crippen LogP contribution in [-0.4, -0.2) is 16.3 Å². The quantitative estimate of drug-likeness (QED) is 0.772. The number of aromatic nitrogens is 2. The Kier molecular flexibility index (Phi) is 4.33. The van der Waals surface area contributed by atoms with Gasteiger partial charge in [0.25, 0.3) is 0 Å². The Bertz CT molecular complexity index is 434. The van der Waals surface area contributed by atoms with Gasteiger partial charge in [-0.1, -0.05) is 25.5 Å². The summed E-state index contributed by atoms with van der Waals surface area (Å²) in [6.07, 6.45) is 6.23. The second-order valence-corrected chi connectivity index (χ2v) is 4.15. The van der Waals surface area contributed by atoms with Crippen molar-refractivity contribution >= 4 is 0 Å². The number of rotatable bonds is 6. The van der Waals surface area contributed by atoms with Crippen molar-refractivity contribution in [2.45, 2.75) is 26.3 Å². The van der Waals surface area contributed by atoms with Gasteiger partial charge in [0.1, 0.15) is 0 Å². The van der Waals surface area contributed by atoms with E-state index in [1.54, 1.807) is 6.20 Å². The maximum Gasteiger partial charge on any atom is 0.0648 e. The van der Waals surface area contributed by atoms with Gasteiger partial charge in [-0.2, -0.15) is 5.10 Å². The van der Waals surface area contributed by atoms with Gasteiger partial charge in [-0.15, -0.1) is 0 Å². The van der Waals surface area contributed by atoms with Gasteiger partial charge in [-0.25, -0.2) is 4.68 Å². The molecular weight excluding hydrogens is 210 g/mol. The SMILES string of the molecule is CCCCNCc1cccc(-n2cccn2)c1. The maximum atomic E-state index is 4.23. The second kappa shape index (κ2) is 6.21. The average molecular weight is 229 g/mol. The van der Waals surface area contributed by atoms with E-state index >= 15 is 0 Å². The Labute approximate surface area is 102 Å². The number of nitrogens with one attached hydrogen (secondary N) is 1. The summed E-state index contributed by atoms with van der Waals surface area (Å²) in [6, 6.07) is 10.4. The van der Waals surface area contributed by atoms with Gasteiger partial charge in [0.2, 0.25) is 0 Å². The molecule has 0 amide bonds. The third-order valence-corrected chi connectivity index (χ3v) is 2.72. The Morgan fingerprint density at radius 3 is 3.00 bits per heavy atom. The first-order valence-corrected chi connectivity index (χ1v) is 6.20. The average Bonchev–Trinajstić information content (AvgIpc) is 2.89. The predicted molar refractivity (Wildman–Crippen MR) is 70.2 cm³/mol. The summed E-state index contributed by atoms with van der Waals surface area (Å²) in [5.41, 5.74) is 2.42. The second-order valence-electron chi connectivity index (χ2n) is 4.15. The molecular formula is C14H19N3. The van der Waals surface area contributed by atoms with Crippen LogP contribution in [-0.2, 0) is 6.54 Å². The van der Waals surface area contributed by atoms with Crippen molar-refractivity contribution in [1.82, 2.24) is 15.1 Å². The van der Waals surface area contributed by atoms with Crippen molar-refractivity contribution in [1.29, 1.82) is 0 Å². The fourth-order valence-corrected chi connectivity index (χ4v) is 1.76. The van der Waals surface area contributed by atoms with Crippen LogP contribution in [0.15, 0.2) is 42.7 Å². The molecule has 3 heteroatoms. The molecule has 17 heavy (non-hydrogen) atoms. The highest BCUT2D eigenvalue weighted by molar-refractivity contribution is 5.34. The normalized spacial score (nSPS) is 10.6. The van der Waals surface area contributed by atoms with Gasteiger partial charge in [0, 0.05) is 18.9 Å². The van der Waals surface area contributed by atoms with E-state index in [0.29, 0.717) is 0 Å². The first kappa shape index (κ1) is 11.9. The zero-order valence-electron chi connectivity index (χ0n) is 10.3. The molecule has 3 nitrogen and oxygen atoms in total. The number of nitrogens with zero attached hydrogens (tertiary/aromatic N) is 2. The first-order valence-electron chi connectivity index (χ1n) is 6.20. The topological polar surface area (TPSA) is 29.9 Å². The number of unbranched alkanes of at least 4 members (excludes halogenated alkanes) is 1. The minimum atomic E-state index is 0.926. The third-order valence-electron chi connectivity index (χ3n) is 2.72. The lowest BCUT2D eigenvalue weighted by atomic mass is 10.2. The summed E-state index contributed by atoms with van der Waals surface area (Å²) in [5.74, 6) is 0. The van der Waals surface area contributed by atoms with Crippen LogP contribution in [0.25, 0.3) is 5.69 Å². The van der Waals surface area contributed by atoms with Crippen LogP contribution < -0.4 is 5.32 Å². The molecule has 0 bridgehead atoms. The van der Waals surface area contributed by atoms with E-state index in [-0.39, 0.29) is 0 Å². The van der Waals surface area contributed by atoms with E-state index in [2.05, 4.69) is 41.6 Å². The van der Waals surface area contributed by atoms with E-state index in [0.717, 1.165) is 18.8 Å². The highest BCUT2D eigenvalue weighted by Crippen LogP contribution is 2.09. The highest BCUT2D eigenvalue weighted by Gasteiger charge is 1.98. The molecule has 0 spiro atoms. The van der Waals surface area contributed by atoms with Crippen LogP contribution in [0.5, 0.6) is 0 Å². The maximum absolute atomic E-state index is 4.23. The molecule has 0 atom stereocenters. The van der Waals surface area contributed by atoms with Crippen LogP contribution >= 0.6 is 0 Å². The first-order chi connectivity index (χ1) is 8.40. The lowest BCUT2D eigenvalue weighted by Gasteiger charge is -2.06. The Morgan fingerprint density at radius 1 is 1.29 bits per heavy atom. The van der Waals surface area contributed by atoms with E-state index in [1.807, 2.05) is 16.9 Å². The molecule has 1 aromatic carbocycles. The lowest BCUT2D eigenvalue weighted by Crippen LogP contribution is -2.14. The smallest absolute Gasteiger partial charge is 0.0648 e. The minimum Gasteiger partial charge on any atom is -0.313 e. The Balaban J connectivity index is 1.97. The van der Waals surface area contributed by atoms with Crippen molar-refractivity contribution in [2.75, 3.05) is 6.54 Å². The van der Waals surface area contributed by atoms with Crippen molar-refractivity contribution in [3.63, 3.8) is 0 Å². The minimum absolute atomic E-state index is 0.926. The van der Waals surface area contributed by atoms with Crippen LogP contribution in [0.3, 0.4) is 0 Å². The van der Waals surface area contributed by atoms with Crippen molar-refractivity contribution < 1.29 is 0 Å². The Hall–Kier alpha value is -1.61. The zero-order valence-corrected chi connectivity index (χ0v) is 10.3. The summed E-state index contributed by atoms with van der Waals surface area (Å²) >= 11 is 0. The van der Waals surface area contributed by atoms with Crippen LogP contribution in [0.2, 0.25) is 0 Å². The molecule has 0 saturated heterocycles. The van der Waals surface area contributed by atoms with Gasteiger partial charge in [0.05, 0.1) is 5.69 Å². The summed E-state index contributed by atoms with van der Waals surface area (Å²) in [5, 5.41) is 7.68. The molecule has 0 fully saturated rings. The van der Waals surface area contributed by atoms with Crippen molar-refractivity contribution in [2.24, 2.45) is 0 Å². The Morgan fingerprint density at radius 2 is 2.24 bits per heavy atom. The van der Waals surface area contributed by atoms with Crippen LogP contribution in [0.4, 0.5) is 0 Å². The highest BCUT2D eigenvalue weighted by atomic mass is 15.3. The molecule has 0 saturated carbocycles. The molecule has 0 radical (unpaired) electrons. The largest absolute Gasteiger partial charge is 0.313 e. The molecule has 1 heterocycles. The molecule has 2 aromatic rings. The van der Waals surface area contributed by atoms with E-state index < -0.39 is 0 Å². The molecule has 2 rings (SSSR count). The molecule has 0 aliphatic carbocycles. The van der Waals surface area contributed by atoms with Crippen molar-refractivity contribution in [3.8, 4) is 5.69 Å². The van der Waals surface area contributed by atoms with E-state index in [4.69, 9.17) is 0 Å². The van der Waals surface area contributed by atoms with E-state index in [1.165, 1.54) is 18.4 Å². The molecule has 0 aliphatic heterocycles. The number of hydrogen-bond donors (Lipinski definition) is 1. The summed E-state index contributed by atoms with van der Waals surface area (Å²) in [4.78, 5) is 0. The summed E-state index contributed by atoms with van der Waals surface area (Å²) < 4.78 is 1.88. The zero-order chi connectivity index (χ0) is 11.9. The van der Waals surface area contributed by atoms with Gasteiger partial charge in [0.15, 0.2) is 0 Å². The lowest BCUT2D eigenvalue weighted by molar-refractivity contribution is 0.641. The number of hydrogen-bond acceptors (Lipinski definition) is 2. The fourth-order valence-electron chi connectivity index (χ4n) is 1.76. The predicted octanol–water partition coefficient (Wildman–Crippen LogP) is 2.76. The van der Waals surface area contributed by atoms with Crippen LogP contribution in [0.1, 0.15) is 25.3 Å². The summed E-state index contributed by atoms with van der Waals surface area (Å²) in [6.45, 7) is 4.22. The molecule has 0 aliphatic rings. The van der Waals surface area contributed by atoms with Crippen molar-refractivity contribution in [3.05, 3.63) is 48.3 Å².